The lowest BCUT2D eigenvalue weighted by Crippen LogP contribution is -2.22. The summed E-state index contributed by atoms with van der Waals surface area (Å²) in [6.45, 7) is 5.78. The van der Waals surface area contributed by atoms with Gasteiger partial charge in [0.2, 0.25) is 0 Å². The molecule has 0 amide bonds. The maximum absolute atomic E-state index is 11.2. The summed E-state index contributed by atoms with van der Waals surface area (Å²) < 4.78 is 4.56. The lowest BCUT2D eigenvalue weighted by atomic mass is 9.84. The van der Waals surface area contributed by atoms with E-state index in [0.29, 0.717) is 6.42 Å². The Morgan fingerprint density at radius 2 is 1.92 bits per heavy atom. The van der Waals surface area contributed by atoms with Crippen LogP contribution >= 0.6 is 0 Å². The molecule has 0 aromatic rings. The molecule has 1 rings (SSSR count). The molecule has 1 aliphatic heterocycles. The zero-order chi connectivity index (χ0) is 9.30. The van der Waals surface area contributed by atoms with Crippen LogP contribution in [0.25, 0.3) is 0 Å². The molecule has 0 saturated carbocycles. The first-order valence-corrected chi connectivity index (χ1v) is 4.33. The van der Waals surface area contributed by atoms with Gasteiger partial charge in [-0.1, -0.05) is 20.8 Å². The van der Waals surface area contributed by atoms with Crippen molar-refractivity contribution in [2.45, 2.75) is 27.2 Å². The molecule has 0 aromatic carbocycles. The maximum atomic E-state index is 11.2. The third kappa shape index (κ3) is 1.36. The fourth-order valence-corrected chi connectivity index (χ4v) is 1.71. The van der Waals surface area contributed by atoms with Crippen molar-refractivity contribution in [3.8, 4) is 0 Å². The van der Waals surface area contributed by atoms with Crippen LogP contribution in [0, 0.1) is 17.8 Å². The van der Waals surface area contributed by atoms with E-state index in [0.717, 1.165) is 0 Å². The summed E-state index contributed by atoms with van der Waals surface area (Å²) in [6, 6.07) is 0. The monoisotopic (exact) mass is 170 g/mol. The van der Waals surface area contributed by atoms with Crippen LogP contribution in [0.5, 0.6) is 0 Å². The second-order valence-electron chi connectivity index (χ2n) is 3.52. The number of ether oxygens (including phenoxy) is 1. The van der Waals surface area contributed by atoms with Gasteiger partial charge in [-0.05, 0) is 12.3 Å². The van der Waals surface area contributed by atoms with Crippen LogP contribution in [0.4, 0.5) is 0 Å². The van der Waals surface area contributed by atoms with Crippen LogP contribution in [0.3, 0.4) is 0 Å². The molecule has 3 heteroatoms. The number of carbonyl (C=O) groups excluding carboxylic acids is 2. The molecule has 1 aliphatic rings. The van der Waals surface area contributed by atoms with E-state index >= 15 is 0 Å². The Hall–Kier alpha value is -0.860. The third-order valence-electron chi connectivity index (χ3n) is 2.37. The topological polar surface area (TPSA) is 43.4 Å². The zero-order valence-corrected chi connectivity index (χ0v) is 7.66. The Bertz CT molecular complexity index is 208. The van der Waals surface area contributed by atoms with E-state index in [-0.39, 0.29) is 29.7 Å². The third-order valence-corrected chi connectivity index (χ3v) is 2.37. The predicted molar refractivity (Wildman–Crippen MR) is 43.2 cm³/mol. The van der Waals surface area contributed by atoms with Gasteiger partial charge in [0.1, 0.15) is 0 Å². The van der Waals surface area contributed by atoms with Crippen molar-refractivity contribution in [3.05, 3.63) is 0 Å². The fourth-order valence-electron chi connectivity index (χ4n) is 1.71. The molecule has 0 aliphatic carbocycles. The van der Waals surface area contributed by atoms with Crippen LogP contribution < -0.4 is 0 Å². The molecule has 0 aromatic heterocycles. The Kier molecular flexibility index (Phi) is 2.50. The first kappa shape index (κ1) is 9.23. The summed E-state index contributed by atoms with van der Waals surface area (Å²) >= 11 is 0. The van der Waals surface area contributed by atoms with E-state index in [1.807, 2.05) is 20.8 Å². The number of cyclic esters (lactones) is 2. The van der Waals surface area contributed by atoms with Crippen molar-refractivity contribution >= 4 is 11.9 Å². The summed E-state index contributed by atoms with van der Waals surface area (Å²) in [5.74, 6) is -0.933. The van der Waals surface area contributed by atoms with Crippen molar-refractivity contribution in [2.75, 3.05) is 0 Å². The van der Waals surface area contributed by atoms with Gasteiger partial charge >= 0.3 is 11.9 Å². The van der Waals surface area contributed by atoms with Crippen molar-refractivity contribution in [1.29, 1.82) is 0 Å². The predicted octanol–water partition coefficient (Wildman–Crippen LogP) is 1.37. The highest BCUT2D eigenvalue weighted by Gasteiger charge is 2.44. The highest BCUT2D eigenvalue weighted by Crippen LogP contribution is 2.31. The van der Waals surface area contributed by atoms with Gasteiger partial charge in [0.05, 0.1) is 11.8 Å². The Morgan fingerprint density at radius 1 is 1.33 bits per heavy atom. The summed E-state index contributed by atoms with van der Waals surface area (Å²) in [6.07, 6.45) is 0.688. The van der Waals surface area contributed by atoms with Gasteiger partial charge in [0.15, 0.2) is 0 Å². The summed E-state index contributed by atoms with van der Waals surface area (Å²) in [4.78, 5) is 22.2. The first-order valence-electron chi connectivity index (χ1n) is 4.33. The molecule has 0 spiro atoms. The lowest BCUT2D eigenvalue weighted by Gasteiger charge is -2.14. The molecule has 0 radical (unpaired) electrons. The van der Waals surface area contributed by atoms with Crippen molar-refractivity contribution in [1.82, 2.24) is 0 Å². The van der Waals surface area contributed by atoms with Crippen LogP contribution in [-0.2, 0) is 14.3 Å². The van der Waals surface area contributed by atoms with Crippen molar-refractivity contribution in [3.63, 3.8) is 0 Å². The number of carbonyl (C=O) groups is 2. The van der Waals surface area contributed by atoms with E-state index in [1.165, 1.54) is 0 Å². The minimum absolute atomic E-state index is 0.189. The second kappa shape index (κ2) is 3.25. The molecular formula is C9H14O3. The van der Waals surface area contributed by atoms with E-state index in [4.69, 9.17) is 0 Å². The van der Waals surface area contributed by atoms with Crippen molar-refractivity contribution < 1.29 is 14.3 Å². The van der Waals surface area contributed by atoms with Gasteiger partial charge in [-0.3, -0.25) is 9.59 Å². The molecule has 1 fully saturated rings. The van der Waals surface area contributed by atoms with Crippen molar-refractivity contribution in [2.24, 2.45) is 17.8 Å². The molecule has 0 bridgehead atoms. The normalized spacial score (nSPS) is 29.7. The summed E-state index contributed by atoms with van der Waals surface area (Å²) in [5, 5.41) is 0. The average Bonchev–Trinajstić information content (AvgIpc) is 2.24. The highest BCUT2D eigenvalue weighted by molar-refractivity contribution is 5.96. The van der Waals surface area contributed by atoms with E-state index < -0.39 is 0 Å². The number of hydrogen-bond donors (Lipinski definition) is 0. The fraction of sp³-hybridized carbons (Fsp3) is 0.778. The largest absolute Gasteiger partial charge is 0.393 e. The molecule has 0 N–H and O–H groups in total. The molecular weight excluding hydrogens is 156 g/mol. The Balaban J connectivity index is 2.82. The van der Waals surface area contributed by atoms with Gasteiger partial charge in [0.25, 0.3) is 0 Å². The number of hydrogen-bond acceptors (Lipinski definition) is 3. The quantitative estimate of drug-likeness (QED) is 0.464. The van der Waals surface area contributed by atoms with E-state index in [9.17, 15) is 9.59 Å². The van der Waals surface area contributed by atoms with Gasteiger partial charge in [-0.25, -0.2) is 0 Å². The summed E-state index contributed by atoms with van der Waals surface area (Å²) in [5.41, 5.74) is 0. The average molecular weight is 170 g/mol. The minimum Gasteiger partial charge on any atom is -0.393 e. The van der Waals surface area contributed by atoms with Crippen LogP contribution in [0.15, 0.2) is 0 Å². The second-order valence-corrected chi connectivity index (χ2v) is 3.52. The molecule has 3 nitrogen and oxygen atoms in total. The van der Waals surface area contributed by atoms with E-state index in [1.54, 1.807) is 0 Å². The molecule has 2 atom stereocenters. The van der Waals surface area contributed by atoms with E-state index in [2.05, 4.69) is 4.74 Å². The smallest absolute Gasteiger partial charge is 0.317 e. The molecule has 68 valence electrons. The van der Waals surface area contributed by atoms with Crippen LogP contribution in [-0.4, -0.2) is 11.9 Å². The zero-order valence-electron chi connectivity index (χ0n) is 7.66. The maximum Gasteiger partial charge on any atom is 0.317 e. The molecule has 1 saturated heterocycles. The Labute approximate surface area is 72.1 Å². The lowest BCUT2D eigenvalue weighted by molar-refractivity contribution is -0.154. The summed E-state index contributed by atoms with van der Waals surface area (Å²) in [7, 11) is 0. The van der Waals surface area contributed by atoms with Gasteiger partial charge < -0.3 is 4.74 Å². The minimum atomic E-state index is -0.346. The van der Waals surface area contributed by atoms with Gasteiger partial charge in [-0.15, -0.1) is 0 Å². The number of esters is 2. The van der Waals surface area contributed by atoms with Gasteiger partial charge in [0, 0.05) is 0 Å². The standard InChI is InChI=1S/C9H14O3/c1-4-6-7(5(2)3)9(11)12-8(6)10/h5-7H,4H2,1-3H3/t6?,7-/m1/s1. The number of rotatable bonds is 2. The molecule has 1 heterocycles. The molecule has 1 unspecified atom stereocenters. The SMILES string of the molecule is CCC1C(=O)OC(=O)[C@@H]1C(C)C. The highest BCUT2D eigenvalue weighted by atomic mass is 16.6. The van der Waals surface area contributed by atoms with Crippen LogP contribution in [0.2, 0.25) is 0 Å². The first-order chi connectivity index (χ1) is 5.57. The van der Waals surface area contributed by atoms with Crippen LogP contribution in [0.1, 0.15) is 27.2 Å². The van der Waals surface area contributed by atoms with Gasteiger partial charge in [-0.2, -0.15) is 0 Å². The molecule has 12 heavy (non-hydrogen) atoms. The Morgan fingerprint density at radius 3 is 2.25 bits per heavy atom.